The highest BCUT2D eigenvalue weighted by molar-refractivity contribution is 14.1. The molecular weight excluding hydrogens is 456 g/mol. The Labute approximate surface area is 162 Å². The van der Waals surface area contributed by atoms with Crippen molar-refractivity contribution in [1.82, 2.24) is 9.13 Å². The lowest BCUT2D eigenvalue weighted by Crippen LogP contribution is -2.43. The molecule has 1 N–H and O–H groups in total. The number of rotatable bonds is 4. The van der Waals surface area contributed by atoms with Crippen LogP contribution in [-0.2, 0) is 16.0 Å². The highest BCUT2D eigenvalue weighted by Crippen LogP contribution is 2.23. The van der Waals surface area contributed by atoms with E-state index in [1.165, 1.54) is 18.2 Å². The number of ether oxygens (including phenoxy) is 2. The van der Waals surface area contributed by atoms with Crippen LogP contribution in [0.2, 0.25) is 0 Å². The molecule has 0 bridgehead atoms. The van der Waals surface area contributed by atoms with E-state index in [-0.39, 0.29) is 24.7 Å². The molecule has 1 saturated heterocycles. The van der Waals surface area contributed by atoms with Gasteiger partial charge < -0.3 is 14.8 Å². The molecule has 0 spiro atoms. The second-order valence-electron chi connectivity index (χ2n) is 6.39. The third-order valence-electron chi connectivity index (χ3n) is 4.05. The Kier molecular flexibility index (Phi) is 5.22. The number of nitrogens with zero attached hydrogens (tertiary/aromatic N) is 2. The van der Waals surface area contributed by atoms with Crippen LogP contribution in [0.15, 0.2) is 33.9 Å². The summed E-state index contributed by atoms with van der Waals surface area (Å²) in [6, 6.07) is 5.79. The van der Waals surface area contributed by atoms with Crippen molar-refractivity contribution in [3.05, 3.63) is 54.5 Å². The Hall–Kier alpha value is -1.72. The van der Waals surface area contributed by atoms with Crippen molar-refractivity contribution < 1.29 is 13.9 Å². The number of nitrogens with one attached hydrogen (secondary N) is 1. The maximum absolute atomic E-state index is 14.4. The fourth-order valence-corrected chi connectivity index (χ4v) is 3.33. The number of hydrogen-bond donors (Lipinski definition) is 1. The van der Waals surface area contributed by atoms with Crippen molar-refractivity contribution in [3.8, 4) is 5.69 Å². The number of halogens is 2. The fourth-order valence-electron chi connectivity index (χ4n) is 2.88. The van der Waals surface area contributed by atoms with Crippen LogP contribution in [0.1, 0.15) is 13.8 Å². The van der Waals surface area contributed by atoms with Gasteiger partial charge in [-0.05, 0) is 54.6 Å². The number of aromatic nitrogens is 2. The molecule has 0 saturated carbocycles. The average Bonchev–Trinajstić information content (AvgIpc) is 2.91. The van der Waals surface area contributed by atoms with E-state index in [2.05, 4.69) is 5.32 Å². The van der Waals surface area contributed by atoms with Crippen LogP contribution in [-0.4, -0.2) is 34.7 Å². The largest absolute Gasteiger partial charge is 0.374 e. The van der Waals surface area contributed by atoms with E-state index < -0.39 is 29.0 Å². The molecule has 0 aliphatic carbocycles. The highest BCUT2D eigenvalue weighted by atomic mass is 127. The molecule has 9 heteroatoms. The zero-order valence-electron chi connectivity index (χ0n) is 14.6. The number of anilines is 1. The summed E-state index contributed by atoms with van der Waals surface area (Å²) in [6.07, 6.45) is -0.439. The monoisotopic (exact) mass is 475 g/mol. The molecule has 26 heavy (non-hydrogen) atoms. The standard InChI is InChI=1S/C17H19FIN3O4/c1-17(2)25-9-11(26-17)8-21-15(23)7-14(20-3)22(16(21)24)13-5-4-10(19)6-12(13)18/h4-7,11,20H,8-9H2,1-3H3. The van der Waals surface area contributed by atoms with E-state index in [4.69, 9.17) is 9.47 Å². The van der Waals surface area contributed by atoms with Gasteiger partial charge >= 0.3 is 5.69 Å². The maximum Gasteiger partial charge on any atom is 0.337 e. The van der Waals surface area contributed by atoms with Gasteiger partial charge in [0.2, 0.25) is 0 Å². The summed E-state index contributed by atoms with van der Waals surface area (Å²) in [5.41, 5.74) is -1.07. The van der Waals surface area contributed by atoms with Crippen molar-refractivity contribution in [2.75, 3.05) is 19.0 Å². The molecule has 2 aromatic rings. The minimum absolute atomic E-state index is 0.0249. The van der Waals surface area contributed by atoms with Crippen molar-refractivity contribution in [3.63, 3.8) is 0 Å². The average molecular weight is 475 g/mol. The van der Waals surface area contributed by atoms with Gasteiger partial charge in [0.05, 0.1) is 18.8 Å². The first-order valence-corrected chi connectivity index (χ1v) is 9.11. The van der Waals surface area contributed by atoms with Crippen LogP contribution < -0.4 is 16.6 Å². The molecular formula is C17H19FIN3O4. The Bertz CT molecular complexity index is 954. The molecule has 0 amide bonds. The summed E-state index contributed by atoms with van der Waals surface area (Å²) in [5, 5.41) is 2.78. The topological polar surface area (TPSA) is 74.5 Å². The Balaban J connectivity index is 2.10. The van der Waals surface area contributed by atoms with Crippen LogP contribution in [0, 0.1) is 9.39 Å². The second kappa shape index (κ2) is 7.12. The molecule has 1 aromatic heterocycles. The summed E-state index contributed by atoms with van der Waals surface area (Å²) in [7, 11) is 1.57. The third-order valence-corrected chi connectivity index (χ3v) is 4.72. The lowest BCUT2D eigenvalue weighted by molar-refractivity contribution is -0.139. The van der Waals surface area contributed by atoms with Gasteiger partial charge in [-0.2, -0.15) is 0 Å². The molecule has 0 radical (unpaired) electrons. The summed E-state index contributed by atoms with van der Waals surface area (Å²) < 4.78 is 28.5. The van der Waals surface area contributed by atoms with Crippen LogP contribution in [0.4, 0.5) is 10.2 Å². The lowest BCUT2D eigenvalue weighted by Gasteiger charge is -2.19. The number of hydrogen-bond acceptors (Lipinski definition) is 5. The van der Waals surface area contributed by atoms with Gasteiger partial charge in [-0.25, -0.2) is 13.8 Å². The molecule has 1 unspecified atom stereocenters. The molecule has 7 nitrogen and oxygen atoms in total. The van der Waals surface area contributed by atoms with Crippen LogP contribution in [0.3, 0.4) is 0 Å². The van der Waals surface area contributed by atoms with E-state index in [0.29, 0.717) is 3.57 Å². The maximum atomic E-state index is 14.4. The molecule has 1 aliphatic heterocycles. The summed E-state index contributed by atoms with van der Waals surface area (Å²) in [6.45, 7) is 3.82. The quantitative estimate of drug-likeness (QED) is 0.685. The predicted molar refractivity (Wildman–Crippen MR) is 103 cm³/mol. The van der Waals surface area contributed by atoms with E-state index in [0.717, 1.165) is 9.13 Å². The molecule has 1 aliphatic rings. The first-order chi connectivity index (χ1) is 12.2. The zero-order valence-corrected chi connectivity index (χ0v) is 16.7. The van der Waals surface area contributed by atoms with Crippen molar-refractivity contribution in [2.45, 2.75) is 32.3 Å². The van der Waals surface area contributed by atoms with Gasteiger partial charge in [0.25, 0.3) is 5.56 Å². The van der Waals surface area contributed by atoms with Crippen LogP contribution >= 0.6 is 22.6 Å². The van der Waals surface area contributed by atoms with E-state index in [1.54, 1.807) is 27.0 Å². The van der Waals surface area contributed by atoms with Gasteiger partial charge in [-0.3, -0.25) is 9.36 Å². The van der Waals surface area contributed by atoms with E-state index in [1.807, 2.05) is 22.6 Å². The normalized spacial score (nSPS) is 18.9. The van der Waals surface area contributed by atoms with Gasteiger partial charge in [0.15, 0.2) is 5.79 Å². The Morgan fingerprint density at radius 3 is 2.65 bits per heavy atom. The van der Waals surface area contributed by atoms with Gasteiger partial charge in [0.1, 0.15) is 17.7 Å². The Morgan fingerprint density at radius 2 is 2.08 bits per heavy atom. The molecule has 3 rings (SSSR count). The molecule has 2 heterocycles. The SMILES string of the molecule is CNc1cc(=O)n(CC2COC(C)(C)O2)c(=O)n1-c1ccc(I)cc1F. The predicted octanol–water partition coefficient (Wildman–Crippen LogP) is 1.94. The minimum atomic E-state index is -0.763. The van der Waals surface area contributed by atoms with Crippen molar-refractivity contribution >= 4 is 28.4 Å². The molecule has 140 valence electrons. The summed E-state index contributed by atoms with van der Waals surface area (Å²) in [4.78, 5) is 25.4. The molecule has 1 aromatic carbocycles. The minimum Gasteiger partial charge on any atom is -0.374 e. The third kappa shape index (κ3) is 3.69. The van der Waals surface area contributed by atoms with Gasteiger partial charge in [-0.1, -0.05) is 0 Å². The van der Waals surface area contributed by atoms with Crippen LogP contribution in [0.25, 0.3) is 5.69 Å². The van der Waals surface area contributed by atoms with E-state index >= 15 is 0 Å². The van der Waals surface area contributed by atoms with Crippen LogP contribution in [0.5, 0.6) is 0 Å². The Morgan fingerprint density at radius 1 is 1.35 bits per heavy atom. The number of benzene rings is 1. The van der Waals surface area contributed by atoms with Crippen molar-refractivity contribution in [2.24, 2.45) is 0 Å². The first-order valence-electron chi connectivity index (χ1n) is 8.03. The van der Waals surface area contributed by atoms with Crippen molar-refractivity contribution in [1.29, 1.82) is 0 Å². The second-order valence-corrected chi connectivity index (χ2v) is 7.64. The summed E-state index contributed by atoms with van der Waals surface area (Å²) in [5.74, 6) is -1.11. The summed E-state index contributed by atoms with van der Waals surface area (Å²) >= 11 is 1.99. The van der Waals surface area contributed by atoms with Gasteiger partial charge in [0, 0.05) is 16.7 Å². The molecule has 1 fully saturated rings. The lowest BCUT2D eigenvalue weighted by atomic mass is 10.3. The first kappa shape index (κ1) is 19.1. The smallest absolute Gasteiger partial charge is 0.337 e. The van der Waals surface area contributed by atoms with E-state index in [9.17, 15) is 14.0 Å². The van der Waals surface area contributed by atoms with Gasteiger partial charge in [-0.15, -0.1) is 0 Å². The fraction of sp³-hybridized carbons (Fsp3) is 0.412. The highest BCUT2D eigenvalue weighted by Gasteiger charge is 2.33. The molecule has 1 atom stereocenters. The zero-order chi connectivity index (χ0) is 19.1.